The first kappa shape index (κ1) is 18.5. The highest BCUT2D eigenvalue weighted by Crippen LogP contribution is 2.40. The van der Waals surface area contributed by atoms with E-state index in [0.717, 1.165) is 5.82 Å². The van der Waals surface area contributed by atoms with Gasteiger partial charge in [-0.15, -0.1) is 0 Å². The Labute approximate surface area is 163 Å². The summed E-state index contributed by atoms with van der Waals surface area (Å²) < 4.78 is 13.5. The minimum Gasteiger partial charge on any atom is -0.497 e. The van der Waals surface area contributed by atoms with E-state index in [1.807, 2.05) is 27.8 Å². The van der Waals surface area contributed by atoms with Gasteiger partial charge in [0.1, 0.15) is 17.2 Å². The van der Waals surface area contributed by atoms with Gasteiger partial charge in [-0.2, -0.15) is 0 Å². The molecule has 8 nitrogen and oxygen atoms in total. The second kappa shape index (κ2) is 7.27. The number of ether oxygens (including phenoxy) is 2. The molecule has 1 aromatic carbocycles. The molecule has 2 aliphatic rings. The van der Waals surface area contributed by atoms with Gasteiger partial charge < -0.3 is 24.3 Å². The third kappa shape index (κ3) is 3.13. The van der Waals surface area contributed by atoms with Crippen LogP contribution in [0.15, 0.2) is 36.7 Å². The van der Waals surface area contributed by atoms with Crippen LogP contribution >= 0.6 is 0 Å². The van der Waals surface area contributed by atoms with Crippen molar-refractivity contribution in [3.8, 4) is 5.75 Å². The summed E-state index contributed by atoms with van der Waals surface area (Å²) in [5.74, 6) is 1.32. The molecule has 28 heavy (non-hydrogen) atoms. The number of nitrogens with zero attached hydrogens (tertiary/aromatic N) is 3. The maximum absolute atomic E-state index is 12.9. The molecule has 1 N–H and O–H groups in total. The van der Waals surface area contributed by atoms with Crippen LogP contribution in [0.2, 0.25) is 0 Å². The number of hydrogen-bond acceptors (Lipinski definition) is 5. The zero-order valence-corrected chi connectivity index (χ0v) is 16.1. The SMILES string of the molecule is CNC(=O)C1Cn2ccnc2C2(CCN(C(=O)c3cccc(OC)c3)CC2)O1. The molecular weight excluding hydrogens is 360 g/mol. The number of nitrogens with one attached hydrogen (secondary N) is 1. The van der Waals surface area contributed by atoms with Gasteiger partial charge in [0.25, 0.3) is 11.8 Å². The van der Waals surface area contributed by atoms with Crippen molar-refractivity contribution in [1.29, 1.82) is 0 Å². The van der Waals surface area contributed by atoms with Crippen LogP contribution in [0.1, 0.15) is 29.0 Å². The van der Waals surface area contributed by atoms with Gasteiger partial charge >= 0.3 is 0 Å². The lowest BCUT2D eigenvalue weighted by Crippen LogP contribution is -2.54. The lowest BCUT2D eigenvalue weighted by atomic mass is 9.88. The number of imidazole rings is 1. The van der Waals surface area contributed by atoms with Crippen molar-refractivity contribution < 1.29 is 19.1 Å². The number of carbonyl (C=O) groups excluding carboxylic acids is 2. The molecule has 2 amide bonds. The molecule has 0 aliphatic carbocycles. The molecule has 1 fully saturated rings. The molecule has 0 saturated carbocycles. The fraction of sp³-hybridized carbons (Fsp3) is 0.450. The Hall–Kier alpha value is -2.87. The predicted molar refractivity (Wildman–Crippen MR) is 101 cm³/mol. The van der Waals surface area contributed by atoms with Crippen LogP contribution < -0.4 is 10.1 Å². The lowest BCUT2D eigenvalue weighted by Gasteiger charge is -2.45. The van der Waals surface area contributed by atoms with E-state index in [9.17, 15) is 9.59 Å². The van der Waals surface area contributed by atoms with Gasteiger partial charge in [-0.25, -0.2) is 4.98 Å². The van der Waals surface area contributed by atoms with Crippen LogP contribution in [0.3, 0.4) is 0 Å². The summed E-state index contributed by atoms with van der Waals surface area (Å²) in [6.45, 7) is 1.51. The van der Waals surface area contributed by atoms with Crippen LogP contribution in [-0.4, -0.2) is 59.6 Å². The predicted octanol–water partition coefficient (Wildman–Crippen LogP) is 1.17. The molecule has 8 heteroatoms. The number of methoxy groups -OCH3 is 1. The van der Waals surface area contributed by atoms with Crippen molar-refractivity contribution >= 4 is 11.8 Å². The number of likely N-dealkylation sites (tertiary alicyclic amines) is 1. The highest BCUT2D eigenvalue weighted by atomic mass is 16.5. The highest BCUT2D eigenvalue weighted by Gasteiger charge is 2.47. The highest BCUT2D eigenvalue weighted by molar-refractivity contribution is 5.94. The van der Waals surface area contributed by atoms with Crippen LogP contribution in [0.25, 0.3) is 0 Å². The van der Waals surface area contributed by atoms with Gasteiger partial charge in [-0.3, -0.25) is 9.59 Å². The Morgan fingerprint density at radius 1 is 1.32 bits per heavy atom. The van der Waals surface area contributed by atoms with E-state index in [1.165, 1.54) is 0 Å². The molecule has 1 spiro atoms. The molecule has 4 rings (SSSR count). The van der Waals surface area contributed by atoms with Gasteiger partial charge in [0.2, 0.25) is 0 Å². The summed E-state index contributed by atoms with van der Waals surface area (Å²) in [6.07, 6.45) is 4.23. The first-order chi connectivity index (χ1) is 13.6. The molecule has 0 radical (unpaired) electrons. The molecule has 1 aromatic heterocycles. The van der Waals surface area contributed by atoms with Crippen molar-refractivity contribution in [2.45, 2.75) is 31.1 Å². The normalized spacial score (nSPS) is 20.5. The van der Waals surface area contributed by atoms with Crippen molar-refractivity contribution in [2.24, 2.45) is 0 Å². The van der Waals surface area contributed by atoms with Crippen molar-refractivity contribution in [2.75, 3.05) is 27.2 Å². The molecule has 2 aromatic rings. The van der Waals surface area contributed by atoms with E-state index in [1.54, 1.807) is 32.5 Å². The first-order valence-corrected chi connectivity index (χ1v) is 9.41. The zero-order chi connectivity index (χ0) is 19.7. The molecule has 1 unspecified atom stereocenters. The van der Waals surface area contributed by atoms with E-state index in [-0.39, 0.29) is 11.8 Å². The first-order valence-electron chi connectivity index (χ1n) is 9.41. The summed E-state index contributed by atoms with van der Waals surface area (Å²) >= 11 is 0. The summed E-state index contributed by atoms with van der Waals surface area (Å²) in [4.78, 5) is 31.4. The molecule has 1 atom stereocenters. The van der Waals surface area contributed by atoms with E-state index in [2.05, 4.69) is 10.3 Å². The van der Waals surface area contributed by atoms with Gasteiger partial charge in [-0.05, 0) is 18.2 Å². The van der Waals surface area contributed by atoms with Crippen LogP contribution in [0.4, 0.5) is 0 Å². The Morgan fingerprint density at radius 3 is 2.82 bits per heavy atom. The summed E-state index contributed by atoms with van der Waals surface area (Å²) in [7, 11) is 3.19. The maximum atomic E-state index is 12.9. The van der Waals surface area contributed by atoms with Crippen molar-refractivity contribution in [3.63, 3.8) is 0 Å². The molecule has 1 saturated heterocycles. The van der Waals surface area contributed by atoms with Crippen molar-refractivity contribution in [3.05, 3.63) is 48.0 Å². The monoisotopic (exact) mass is 384 g/mol. The zero-order valence-electron chi connectivity index (χ0n) is 16.1. The number of fused-ring (bicyclic) bond motifs is 2. The van der Waals surface area contributed by atoms with E-state index in [4.69, 9.17) is 9.47 Å². The van der Waals surface area contributed by atoms with E-state index >= 15 is 0 Å². The fourth-order valence-electron chi connectivity index (χ4n) is 4.05. The largest absolute Gasteiger partial charge is 0.497 e. The Bertz CT molecular complexity index is 886. The number of likely N-dealkylation sites (N-methyl/N-ethyl adjacent to an activating group) is 1. The lowest BCUT2D eigenvalue weighted by molar-refractivity contribution is -0.171. The molecule has 2 aliphatic heterocycles. The second-order valence-corrected chi connectivity index (χ2v) is 7.14. The Balaban J connectivity index is 1.52. The quantitative estimate of drug-likeness (QED) is 0.859. The fourth-order valence-corrected chi connectivity index (χ4v) is 4.05. The Morgan fingerprint density at radius 2 is 2.11 bits per heavy atom. The Kier molecular flexibility index (Phi) is 4.80. The minimum absolute atomic E-state index is 0.0317. The van der Waals surface area contributed by atoms with E-state index in [0.29, 0.717) is 43.8 Å². The number of piperidine rings is 1. The summed E-state index contributed by atoms with van der Waals surface area (Å²) in [5.41, 5.74) is -0.0472. The number of benzene rings is 1. The van der Waals surface area contributed by atoms with E-state index < -0.39 is 11.7 Å². The van der Waals surface area contributed by atoms with Gasteiger partial charge in [0, 0.05) is 50.9 Å². The second-order valence-electron chi connectivity index (χ2n) is 7.14. The summed E-state index contributed by atoms with van der Waals surface area (Å²) in [5, 5.41) is 2.66. The molecule has 0 bridgehead atoms. The standard InChI is InChI=1S/C20H24N4O4/c1-21-17(25)16-13-24-11-8-22-19(24)20(28-16)6-9-23(10-7-20)18(26)14-4-3-5-15(12-14)27-2/h3-5,8,11-12,16H,6-7,9-10,13H2,1-2H3,(H,21,25). The molecule has 148 valence electrons. The maximum Gasteiger partial charge on any atom is 0.253 e. The van der Waals surface area contributed by atoms with Gasteiger partial charge in [0.15, 0.2) is 6.10 Å². The number of rotatable bonds is 3. The summed E-state index contributed by atoms with van der Waals surface area (Å²) in [6, 6.07) is 7.17. The topological polar surface area (TPSA) is 85.7 Å². The molecule has 3 heterocycles. The third-order valence-corrected chi connectivity index (χ3v) is 5.57. The third-order valence-electron chi connectivity index (χ3n) is 5.57. The minimum atomic E-state index is -0.649. The smallest absolute Gasteiger partial charge is 0.253 e. The van der Waals surface area contributed by atoms with Crippen LogP contribution in [-0.2, 0) is 21.7 Å². The number of amides is 2. The average molecular weight is 384 g/mol. The number of aromatic nitrogens is 2. The number of carbonyl (C=O) groups is 2. The van der Waals surface area contributed by atoms with Crippen molar-refractivity contribution in [1.82, 2.24) is 19.8 Å². The van der Waals surface area contributed by atoms with Gasteiger partial charge in [0.05, 0.1) is 13.7 Å². The van der Waals surface area contributed by atoms with Crippen LogP contribution in [0.5, 0.6) is 5.75 Å². The van der Waals surface area contributed by atoms with Gasteiger partial charge in [-0.1, -0.05) is 6.07 Å². The molecular formula is C20H24N4O4. The number of hydrogen-bond donors (Lipinski definition) is 1. The average Bonchev–Trinajstić information content (AvgIpc) is 3.23. The van der Waals surface area contributed by atoms with Crippen LogP contribution in [0, 0.1) is 0 Å².